The minimum atomic E-state index is -0.392. The molecule has 140 valence electrons. The van der Waals surface area contributed by atoms with Gasteiger partial charge in [0.25, 0.3) is 5.91 Å². The first-order valence-corrected chi connectivity index (χ1v) is 9.37. The molecule has 0 saturated carbocycles. The lowest BCUT2D eigenvalue weighted by molar-refractivity contribution is 0.102. The molecule has 0 atom stereocenters. The third-order valence-electron chi connectivity index (χ3n) is 3.66. The van der Waals surface area contributed by atoms with Crippen LogP contribution in [-0.4, -0.2) is 30.3 Å². The number of carbonyl (C=O) groups is 1. The Kier molecular flexibility index (Phi) is 6.15. The number of aromatic nitrogens is 2. The Morgan fingerprint density at radius 2 is 1.85 bits per heavy atom. The highest BCUT2D eigenvalue weighted by atomic mass is 35.5. The Labute approximate surface area is 170 Å². The number of benzene rings is 2. The van der Waals surface area contributed by atoms with Crippen molar-refractivity contribution in [3.8, 4) is 11.5 Å². The number of methoxy groups -OCH3 is 2. The fourth-order valence-electron chi connectivity index (χ4n) is 2.38. The Bertz CT molecular complexity index is 978. The second-order valence-corrected chi connectivity index (χ2v) is 7.35. The van der Waals surface area contributed by atoms with Crippen LogP contribution in [0.2, 0.25) is 10.0 Å². The van der Waals surface area contributed by atoms with E-state index >= 15 is 0 Å². The molecule has 6 nitrogen and oxygen atoms in total. The zero-order chi connectivity index (χ0) is 19.4. The lowest BCUT2D eigenvalue weighted by Gasteiger charge is -2.08. The van der Waals surface area contributed by atoms with E-state index in [9.17, 15) is 4.79 Å². The molecule has 1 N–H and O–H groups in total. The van der Waals surface area contributed by atoms with E-state index in [0.717, 1.165) is 10.6 Å². The van der Waals surface area contributed by atoms with E-state index in [-0.39, 0.29) is 5.56 Å². The highest BCUT2D eigenvalue weighted by Gasteiger charge is 2.14. The molecule has 0 radical (unpaired) electrons. The van der Waals surface area contributed by atoms with Crippen LogP contribution in [-0.2, 0) is 6.42 Å². The average molecular weight is 424 g/mol. The normalized spacial score (nSPS) is 10.5. The number of carbonyl (C=O) groups excluding carboxylic acids is 1. The second-order valence-electron chi connectivity index (χ2n) is 5.45. The Morgan fingerprint density at radius 1 is 1.07 bits per heavy atom. The predicted octanol–water partition coefficient (Wildman–Crippen LogP) is 4.71. The molecular weight excluding hydrogens is 409 g/mol. The Balaban J connectivity index is 1.71. The first-order valence-electron chi connectivity index (χ1n) is 7.80. The molecule has 0 bridgehead atoms. The number of hydrogen-bond donors (Lipinski definition) is 1. The van der Waals surface area contributed by atoms with Crippen LogP contribution in [0.3, 0.4) is 0 Å². The Hall–Kier alpha value is -2.35. The Morgan fingerprint density at radius 3 is 2.59 bits per heavy atom. The minimum Gasteiger partial charge on any atom is -0.493 e. The van der Waals surface area contributed by atoms with Crippen molar-refractivity contribution in [3.05, 3.63) is 62.6 Å². The molecule has 0 fully saturated rings. The molecule has 0 aliphatic carbocycles. The van der Waals surface area contributed by atoms with Crippen LogP contribution in [0.5, 0.6) is 11.5 Å². The van der Waals surface area contributed by atoms with Crippen LogP contribution in [0.4, 0.5) is 5.13 Å². The molecule has 0 spiro atoms. The summed E-state index contributed by atoms with van der Waals surface area (Å²) in [6, 6.07) is 10.3. The monoisotopic (exact) mass is 423 g/mol. The molecular formula is C18H15Cl2N3O3S. The van der Waals surface area contributed by atoms with E-state index in [4.69, 9.17) is 32.7 Å². The summed E-state index contributed by atoms with van der Waals surface area (Å²) >= 11 is 13.3. The molecule has 1 aromatic heterocycles. The molecule has 1 amide bonds. The van der Waals surface area contributed by atoms with Gasteiger partial charge in [-0.05, 0) is 35.9 Å². The van der Waals surface area contributed by atoms with Crippen molar-refractivity contribution in [2.75, 3.05) is 19.5 Å². The van der Waals surface area contributed by atoms with Crippen molar-refractivity contribution >= 4 is 45.6 Å². The van der Waals surface area contributed by atoms with E-state index in [0.29, 0.717) is 33.1 Å². The molecule has 0 saturated heterocycles. The number of amides is 1. The van der Waals surface area contributed by atoms with Gasteiger partial charge in [0.15, 0.2) is 11.5 Å². The summed E-state index contributed by atoms with van der Waals surface area (Å²) in [6.07, 6.45) is 0.547. The maximum Gasteiger partial charge on any atom is 0.259 e. The fourth-order valence-corrected chi connectivity index (χ4v) is 3.52. The maximum absolute atomic E-state index is 12.4. The lowest BCUT2D eigenvalue weighted by Crippen LogP contribution is -2.12. The largest absolute Gasteiger partial charge is 0.493 e. The summed E-state index contributed by atoms with van der Waals surface area (Å²) in [4.78, 5) is 12.4. The molecule has 9 heteroatoms. The topological polar surface area (TPSA) is 73.3 Å². The number of rotatable bonds is 6. The third-order valence-corrected chi connectivity index (χ3v) is 5.07. The summed E-state index contributed by atoms with van der Waals surface area (Å²) in [5, 5.41) is 12.7. The number of ether oxygens (including phenoxy) is 2. The predicted molar refractivity (Wildman–Crippen MR) is 107 cm³/mol. The zero-order valence-corrected chi connectivity index (χ0v) is 16.8. The molecule has 27 heavy (non-hydrogen) atoms. The molecule has 1 heterocycles. The summed E-state index contributed by atoms with van der Waals surface area (Å²) in [7, 11) is 3.17. The van der Waals surface area contributed by atoms with Crippen LogP contribution < -0.4 is 14.8 Å². The van der Waals surface area contributed by atoms with E-state index in [1.54, 1.807) is 26.4 Å². The number of halogens is 2. The van der Waals surface area contributed by atoms with Gasteiger partial charge in [-0.2, -0.15) is 0 Å². The van der Waals surface area contributed by atoms with Crippen molar-refractivity contribution in [2.45, 2.75) is 6.42 Å². The summed E-state index contributed by atoms with van der Waals surface area (Å²) < 4.78 is 10.5. The number of nitrogens with zero attached hydrogens (tertiary/aromatic N) is 2. The molecule has 3 aromatic rings. The summed E-state index contributed by atoms with van der Waals surface area (Å²) in [5.41, 5.74) is 1.26. The van der Waals surface area contributed by atoms with Crippen molar-refractivity contribution in [1.29, 1.82) is 0 Å². The van der Waals surface area contributed by atoms with Gasteiger partial charge >= 0.3 is 0 Å². The quantitative estimate of drug-likeness (QED) is 0.621. The van der Waals surface area contributed by atoms with Crippen LogP contribution in [0.15, 0.2) is 36.4 Å². The maximum atomic E-state index is 12.4. The molecule has 3 rings (SSSR count). The molecule has 0 aliphatic rings. The summed E-state index contributed by atoms with van der Waals surface area (Å²) in [5.74, 6) is 0.907. The van der Waals surface area contributed by atoms with Gasteiger partial charge in [-0.3, -0.25) is 10.1 Å². The summed E-state index contributed by atoms with van der Waals surface area (Å²) in [6.45, 7) is 0. The SMILES string of the molecule is COc1ccc(Cc2nnc(NC(=O)c3cc(Cl)ccc3Cl)s2)cc1OC. The number of nitrogens with one attached hydrogen (secondary N) is 1. The molecule has 0 aliphatic heterocycles. The second kappa shape index (κ2) is 8.56. The van der Waals surface area contributed by atoms with Crippen molar-refractivity contribution in [1.82, 2.24) is 10.2 Å². The van der Waals surface area contributed by atoms with Gasteiger partial charge in [-0.1, -0.05) is 40.6 Å². The van der Waals surface area contributed by atoms with E-state index in [2.05, 4.69) is 15.5 Å². The van der Waals surface area contributed by atoms with Crippen LogP contribution in [0.25, 0.3) is 0 Å². The number of anilines is 1. The first-order chi connectivity index (χ1) is 13.0. The third kappa shape index (κ3) is 4.68. The highest BCUT2D eigenvalue weighted by molar-refractivity contribution is 7.15. The smallest absolute Gasteiger partial charge is 0.259 e. The van der Waals surface area contributed by atoms with Gasteiger partial charge < -0.3 is 9.47 Å². The van der Waals surface area contributed by atoms with Crippen LogP contribution in [0, 0.1) is 0 Å². The van der Waals surface area contributed by atoms with Crippen molar-refractivity contribution in [3.63, 3.8) is 0 Å². The fraction of sp³-hybridized carbons (Fsp3) is 0.167. The van der Waals surface area contributed by atoms with E-state index in [1.165, 1.54) is 17.4 Å². The molecule has 0 unspecified atom stereocenters. The van der Waals surface area contributed by atoms with Gasteiger partial charge in [0.2, 0.25) is 5.13 Å². The average Bonchev–Trinajstić information content (AvgIpc) is 3.10. The first kappa shape index (κ1) is 19.4. The van der Waals surface area contributed by atoms with E-state index in [1.807, 2.05) is 18.2 Å². The van der Waals surface area contributed by atoms with Crippen LogP contribution in [0.1, 0.15) is 20.9 Å². The van der Waals surface area contributed by atoms with E-state index < -0.39 is 5.91 Å². The molecule has 2 aromatic carbocycles. The zero-order valence-electron chi connectivity index (χ0n) is 14.5. The van der Waals surface area contributed by atoms with Crippen molar-refractivity contribution < 1.29 is 14.3 Å². The van der Waals surface area contributed by atoms with Gasteiger partial charge in [0.1, 0.15) is 5.01 Å². The van der Waals surface area contributed by atoms with Gasteiger partial charge in [0.05, 0.1) is 24.8 Å². The highest BCUT2D eigenvalue weighted by Crippen LogP contribution is 2.29. The standard InChI is InChI=1S/C18H15Cl2N3O3S/c1-25-14-6-3-10(7-15(14)26-2)8-16-22-23-18(27-16)21-17(24)12-9-11(19)4-5-13(12)20/h3-7,9H,8H2,1-2H3,(H,21,23,24). The minimum absolute atomic E-state index is 0.279. The van der Waals surface area contributed by atoms with Gasteiger partial charge in [-0.25, -0.2) is 0 Å². The van der Waals surface area contributed by atoms with Gasteiger partial charge in [0, 0.05) is 11.4 Å². The lowest BCUT2D eigenvalue weighted by atomic mass is 10.1. The van der Waals surface area contributed by atoms with Crippen molar-refractivity contribution in [2.24, 2.45) is 0 Å². The van der Waals surface area contributed by atoms with Gasteiger partial charge in [-0.15, -0.1) is 10.2 Å². The van der Waals surface area contributed by atoms with Crippen LogP contribution >= 0.6 is 34.5 Å². The number of hydrogen-bond acceptors (Lipinski definition) is 6.